The number of carbonyl (C=O) groups excluding carboxylic acids is 8. The summed E-state index contributed by atoms with van der Waals surface area (Å²) in [4.78, 5) is 133. The van der Waals surface area contributed by atoms with Gasteiger partial charge in [-0.15, -0.1) is 0 Å². The minimum Gasteiger partial charge on any atom is -0.481 e. The minimum atomic E-state index is -1.66. The predicted molar refractivity (Wildman–Crippen MR) is 229 cm³/mol. The third-order valence-corrected chi connectivity index (χ3v) is 10.4. The number of rotatable bonds is 29. The number of carboxylic acid groups (broad SMARTS) is 2. The molecular weight excluding hydrogens is 844 g/mol. The molecular formula is C39H68N12O13. The van der Waals surface area contributed by atoms with Gasteiger partial charge in [0.1, 0.15) is 36.3 Å². The SMILES string of the molecule is CC[C@H](C)[C@H](N)C(=O)N[C@@H](CCC(=O)O)C(=O)NCC(=O)N1CCC[C@H]1C(=O)N[C@H](C(=O)N[C@@H](CC(C)C)C(=O)N[C@@H](CCCN=C(N)N)C(=O)N[C@@H](CCC(N)=O)C(=O)O)[C@@H](C)O. The molecule has 1 aliphatic heterocycles. The van der Waals surface area contributed by atoms with E-state index in [2.05, 4.69) is 36.9 Å². The third-order valence-electron chi connectivity index (χ3n) is 10.4. The first kappa shape index (κ1) is 55.9. The van der Waals surface area contributed by atoms with E-state index >= 15 is 0 Å². The number of nitrogens with zero attached hydrogens (tertiary/aromatic N) is 2. The highest BCUT2D eigenvalue weighted by molar-refractivity contribution is 5.97. The average molecular weight is 913 g/mol. The number of aliphatic carboxylic acids is 2. The molecule has 0 unspecified atom stereocenters. The highest BCUT2D eigenvalue weighted by Gasteiger charge is 2.39. The molecule has 1 heterocycles. The molecule has 0 aromatic heterocycles. The van der Waals surface area contributed by atoms with Crippen LogP contribution < -0.4 is 54.8 Å². The number of aliphatic imine (C=N–C) groups is 1. The number of amides is 8. The molecule has 0 aromatic rings. The number of nitrogens with two attached hydrogens (primary N) is 4. The topological polar surface area (TPSA) is 423 Å². The molecule has 25 heteroatoms. The van der Waals surface area contributed by atoms with Crippen LogP contribution in [-0.4, -0.2) is 153 Å². The maximum atomic E-state index is 13.8. The van der Waals surface area contributed by atoms with Crippen LogP contribution in [0.25, 0.3) is 0 Å². The zero-order chi connectivity index (χ0) is 48.8. The number of guanidine groups is 1. The standard InChI is InChI=1S/C39H68N12O13/c1-6-20(4)30(41)36(61)47-23(12-14-29(55)56)32(57)45-18-28(54)51-16-8-10-26(51)35(60)50-31(21(5)52)37(62)49-25(17-19(2)3)34(59)46-22(9-7-15-44-39(42)43)33(58)48-24(38(63)64)11-13-27(40)53/h19-26,30-31,52H,6-18,41H2,1-5H3,(H2,40,53)(H,45,57)(H,46,59)(H,47,61)(H,48,58)(H,49,62)(H,50,60)(H,55,56)(H,63,64)(H4,42,43,44)/t20-,21+,22-,23-,24-,25-,26-,30-,31-/m0/s1. The quantitative estimate of drug-likeness (QED) is 0.0191. The van der Waals surface area contributed by atoms with Crippen LogP contribution in [-0.2, 0) is 47.9 Å². The van der Waals surface area contributed by atoms with Crippen molar-refractivity contribution < 1.29 is 63.3 Å². The molecule has 362 valence electrons. The zero-order valence-corrected chi connectivity index (χ0v) is 37.1. The molecule has 0 radical (unpaired) electrons. The lowest BCUT2D eigenvalue weighted by Crippen LogP contribution is -2.61. The molecule has 9 atom stereocenters. The van der Waals surface area contributed by atoms with Crippen LogP contribution in [0.2, 0.25) is 0 Å². The fourth-order valence-corrected chi connectivity index (χ4v) is 6.52. The Balaban J connectivity index is 3.18. The predicted octanol–water partition coefficient (Wildman–Crippen LogP) is -4.41. The number of aliphatic hydroxyl groups is 1. The van der Waals surface area contributed by atoms with Gasteiger partial charge in [0, 0.05) is 25.9 Å². The largest absolute Gasteiger partial charge is 0.481 e. The van der Waals surface area contributed by atoms with E-state index in [0.29, 0.717) is 12.8 Å². The van der Waals surface area contributed by atoms with Crippen molar-refractivity contribution in [2.75, 3.05) is 19.6 Å². The van der Waals surface area contributed by atoms with Gasteiger partial charge in [-0.2, -0.15) is 0 Å². The van der Waals surface area contributed by atoms with Crippen molar-refractivity contribution in [3.63, 3.8) is 0 Å². The summed E-state index contributed by atoms with van der Waals surface area (Å²) in [5, 5.41) is 44.0. The van der Waals surface area contributed by atoms with Gasteiger partial charge in [0.15, 0.2) is 5.96 Å². The second-order valence-electron chi connectivity index (χ2n) is 16.2. The minimum absolute atomic E-state index is 0.00110. The first-order valence-corrected chi connectivity index (χ1v) is 21.2. The molecule has 1 rings (SSSR count). The molecule has 1 saturated heterocycles. The van der Waals surface area contributed by atoms with E-state index < -0.39 is 121 Å². The molecule has 17 N–H and O–H groups in total. The van der Waals surface area contributed by atoms with Gasteiger partial charge in [-0.25, -0.2) is 4.79 Å². The normalized spacial score (nSPS) is 17.2. The Kier molecular flexibility index (Phi) is 24.3. The van der Waals surface area contributed by atoms with Crippen molar-refractivity contribution >= 4 is 65.2 Å². The molecule has 25 nitrogen and oxygen atoms in total. The number of hydrogen-bond donors (Lipinski definition) is 13. The van der Waals surface area contributed by atoms with Crippen LogP contribution in [0.1, 0.15) is 98.8 Å². The number of carboxylic acids is 2. The van der Waals surface area contributed by atoms with Gasteiger partial charge in [-0.1, -0.05) is 34.1 Å². The van der Waals surface area contributed by atoms with E-state index in [9.17, 15) is 63.3 Å². The van der Waals surface area contributed by atoms with Gasteiger partial charge >= 0.3 is 11.9 Å². The first-order valence-electron chi connectivity index (χ1n) is 21.2. The first-order chi connectivity index (χ1) is 29.9. The van der Waals surface area contributed by atoms with Crippen molar-refractivity contribution in [3.05, 3.63) is 0 Å². The van der Waals surface area contributed by atoms with Gasteiger partial charge < -0.3 is 75.1 Å². The number of carbonyl (C=O) groups is 10. The molecule has 0 saturated carbocycles. The van der Waals surface area contributed by atoms with Crippen LogP contribution in [0, 0.1) is 11.8 Å². The Morgan fingerprint density at radius 2 is 1.30 bits per heavy atom. The average Bonchev–Trinajstić information content (AvgIpc) is 3.71. The Morgan fingerprint density at radius 1 is 0.734 bits per heavy atom. The van der Waals surface area contributed by atoms with Crippen LogP contribution in [0.3, 0.4) is 0 Å². The van der Waals surface area contributed by atoms with Gasteiger partial charge in [0.2, 0.25) is 47.3 Å². The fourth-order valence-electron chi connectivity index (χ4n) is 6.52. The Morgan fingerprint density at radius 3 is 1.84 bits per heavy atom. The van der Waals surface area contributed by atoms with E-state index in [-0.39, 0.29) is 75.8 Å². The number of hydrogen-bond acceptors (Lipinski definition) is 13. The van der Waals surface area contributed by atoms with Crippen molar-refractivity contribution in [2.24, 2.45) is 39.8 Å². The van der Waals surface area contributed by atoms with Crippen LogP contribution in [0.15, 0.2) is 4.99 Å². The summed E-state index contributed by atoms with van der Waals surface area (Å²) in [5.41, 5.74) is 21.9. The fraction of sp³-hybridized carbons (Fsp3) is 0.718. The summed E-state index contributed by atoms with van der Waals surface area (Å²) < 4.78 is 0. The van der Waals surface area contributed by atoms with Crippen LogP contribution in [0.5, 0.6) is 0 Å². The summed E-state index contributed by atoms with van der Waals surface area (Å²) in [6.07, 6.45) is -1.91. The number of primary amides is 1. The van der Waals surface area contributed by atoms with Crippen molar-refractivity contribution in [1.29, 1.82) is 0 Å². The molecule has 1 aliphatic rings. The number of likely N-dealkylation sites (tertiary alicyclic amines) is 1. The summed E-state index contributed by atoms with van der Waals surface area (Å²) in [7, 11) is 0. The molecule has 1 fully saturated rings. The van der Waals surface area contributed by atoms with Gasteiger partial charge in [0.25, 0.3) is 0 Å². The second-order valence-corrected chi connectivity index (χ2v) is 16.2. The monoisotopic (exact) mass is 913 g/mol. The highest BCUT2D eigenvalue weighted by Crippen LogP contribution is 2.18. The molecule has 8 amide bonds. The van der Waals surface area contributed by atoms with Gasteiger partial charge in [-0.3, -0.25) is 48.1 Å². The Labute approximate surface area is 371 Å². The molecule has 0 bridgehead atoms. The van der Waals surface area contributed by atoms with E-state index in [0.717, 1.165) is 4.90 Å². The van der Waals surface area contributed by atoms with E-state index in [4.69, 9.17) is 22.9 Å². The van der Waals surface area contributed by atoms with Crippen molar-refractivity contribution in [1.82, 2.24) is 36.8 Å². The number of aliphatic hydroxyl groups excluding tert-OH is 1. The molecule has 0 spiro atoms. The van der Waals surface area contributed by atoms with Crippen molar-refractivity contribution in [3.8, 4) is 0 Å². The molecule has 0 aliphatic carbocycles. The summed E-state index contributed by atoms with van der Waals surface area (Å²) in [5.74, 6) is -10.1. The van der Waals surface area contributed by atoms with E-state index in [1.807, 2.05) is 6.92 Å². The maximum absolute atomic E-state index is 13.8. The zero-order valence-electron chi connectivity index (χ0n) is 37.1. The molecule has 64 heavy (non-hydrogen) atoms. The summed E-state index contributed by atoms with van der Waals surface area (Å²) >= 11 is 0. The van der Waals surface area contributed by atoms with E-state index in [1.165, 1.54) is 6.92 Å². The second kappa shape index (κ2) is 27.8. The lowest BCUT2D eigenvalue weighted by molar-refractivity contribution is -0.143. The van der Waals surface area contributed by atoms with Crippen LogP contribution >= 0.6 is 0 Å². The summed E-state index contributed by atoms with van der Waals surface area (Å²) in [6.45, 7) is 7.72. The Hall–Kier alpha value is -6.11. The smallest absolute Gasteiger partial charge is 0.326 e. The van der Waals surface area contributed by atoms with Gasteiger partial charge in [0.05, 0.1) is 18.7 Å². The van der Waals surface area contributed by atoms with E-state index in [1.54, 1.807) is 20.8 Å². The van der Waals surface area contributed by atoms with Crippen LogP contribution in [0.4, 0.5) is 0 Å². The lowest BCUT2D eigenvalue weighted by atomic mass is 9.98. The van der Waals surface area contributed by atoms with Gasteiger partial charge in [-0.05, 0) is 63.7 Å². The number of nitrogens with one attached hydrogen (secondary N) is 6. The lowest BCUT2D eigenvalue weighted by Gasteiger charge is -2.29. The summed E-state index contributed by atoms with van der Waals surface area (Å²) in [6, 6.07) is -9.40. The highest BCUT2D eigenvalue weighted by atomic mass is 16.4. The maximum Gasteiger partial charge on any atom is 0.326 e. The Bertz CT molecular complexity index is 1690. The third kappa shape index (κ3) is 19.9. The van der Waals surface area contributed by atoms with Crippen molar-refractivity contribution in [2.45, 2.75) is 147 Å². The molecule has 0 aromatic carbocycles.